The lowest BCUT2D eigenvalue weighted by molar-refractivity contribution is 0.450. The van der Waals surface area contributed by atoms with Gasteiger partial charge in [0.15, 0.2) is 0 Å². The van der Waals surface area contributed by atoms with Gasteiger partial charge in [0, 0.05) is 16.7 Å². The number of hydrazone groups is 1. The van der Waals surface area contributed by atoms with E-state index in [1.807, 2.05) is 0 Å². The first-order valence-corrected chi connectivity index (χ1v) is 6.08. The number of hydrogen-bond donors (Lipinski definition) is 3. The molecule has 2 aromatic carbocycles. The van der Waals surface area contributed by atoms with Gasteiger partial charge >= 0.3 is 0 Å². The smallest absolute Gasteiger partial charge is 0.128 e. The molecular weight excluding hydrogens is 287 g/mol. The third kappa shape index (κ3) is 3.53. The highest BCUT2D eigenvalue weighted by molar-refractivity contribution is 6.35. The number of nitrogens with one attached hydrogen (secondary N) is 1. The molecule has 0 saturated heterocycles. The minimum absolute atomic E-state index is 0.0134. The predicted molar refractivity (Wildman–Crippen MR) is 77.5 cm³/mol. The molecule has 0 fully saturated rings. The molecule has 0 bridgehead atoms. The van der Waals surface area contributed by atoms with Crippen molar-refractivity contribution >= 4 is 35.1 Å². The zero-order valence-electron chi connectivity index (χ0n) is 9.64. The van der Waals surface area contributed by atoms with Crippen molar-refractivity contribution in [2.45, 2.75) is 0 Å². The Morgan fingerprint density at radius 2 is 1.84 bits per heavy atom. The molecule has 0 aliphatic carbocycles. The predicted octanol–water partition coefficient (Wildman–Crippen LogP) is 3.85. The summed E-state index contributed by atoms with van der Waals surface area (Å²) in [7, 11) is 0. The van der Waals surface area contributed by atoms with E-state index in [0.717, 1.165) is 0 Å². The third-order valence-corrected chi connectivity index (χ3v) is 2.90. The van der Waals surface area contributed by atoms with Gasteiger partial charge in [-0.3, -0.25) is 5.43 Å². The van der Waals surface area contributed by atoms with Crippen LogP contribution in [0.3, 0.4) is 0 Å². The Bertz CT molecular complexity index is 630. The molecule has 0 aliphatic rings. The van der Waals surface area contributed by atoms with E-state index in [0.29, 0.717) is 21.3 Å². The van der Waals surface area contributed by atoms with Gasteiger partial charge in [-0.05, 0) is 30.3 Å². The number of aromatic hydroxyl groups is 2. The zero-order chi connectivity index (χ0) is 13.8. The standard InChI is InChI=1S/C13H10Cl2N2O2/c14-9-2-4-11(15)12(5-9)17-16-7-8-1-3-10(18)6-13(8)19/h1-7,17-19H. The van der Waals surface area contributed by atoms with Crippen molar-refractivity contribution in [2.75, 3.05) is 5.43 Å². The van der Waals surface area contributed by atoms with Crippen molar-refractivity contribution in [3.63, 3.8) is 0 Å². The summed E-state index contributed by atoms with van der Waals surface area (Å²) in [6.45, 7) is 0. The highest BCUT2D eigenvalue weighted by Gasteiger charge is 2.01. The molecule has 0 radical (unpaired) electrons. The van der Waals surface area contributed by atoms with Gasteiger partial charge in [-0.15, -0.1) is 0 Å². The van der Waals surface area contributed by atoms with Crippen LogP contribution < -0.4 is 5.43 Å². The fourth-order valence-corrected chi connectivity index (χ4v) is 1.73. The summed E-state index contributed by atoms with van der Waals surface area (Å²) in [5.41, 5.74) is 3.74. The largest absolute Gasteiger partial charge is 0.508 e. The third-order valence-electron chi connectivity index (χ3n) is 2.33. The molecule has 4 nitrogen and oxygen atoms in total. The van der Waals surface area contributed by atoms with Gasteiger partial charge in [0.2, 0.25) is 0 Å². The average molecular weight is 297 g/mol. The van der Waals surface area contributed by atoms with Gasteiger partial charge in [-0.25, -0.2) is 0 Å². The number of hydrogen-bond acceptors (Lipinski definition) is 4. The van der Waals surface area contributed by atoms with Crippen molar-refractivity contribution in [3.8, 4) is 11.5 Å². The molecule has 2 rings (SSSR count). The number of benzene rings is 2. The summed E-state index contributed by atoms with van der Waals surface area (Å²) in [6, 6.07) is 9.18. The van der Waals surface area contributed by atoms with Crippen LogP contribution in [0.5, 0.6) is 11.5 Å². The van der Waals surface area contributed by atoms with Crippen LogP contribution >= 0.6 is 23.2 Å². The van der Waals surface area contributed by atoms with Crippen molar-refractivity contribution < 1.29 is 10.2 Å². The first-order valence-electron chi connectivity index (χ1n) is 5.32. The normalized spacial score (nSPS) is 10.8. The molecule has 3 N–H and O–H groups in total. The van der Waals surface area contributed by atoms with E-state index in [1.54, 1.807) is 18.2 Å². The van der Waals surface area contributed by atoms with Crippen LogP contribution in [0.25, 0.3) is 0 Å². The quantitative estimate of drug-likeness (QED) is 0.595. The van der Waals surface area contributed by atoms with Crippen molar-refractivity contribution in [2.24, 2.45) is 5.10 Å². The second kappa shape index (κ2) is 5.82. The molecule has 2 aromatic rings. The summed E-state index contributed by atoms with van der Waals surface area (Å²) in [4.78, 5) is 0. The maximum atomic E-state index is 9.56. The lowest BCUT2D eigenvalue weighted by Gasteiger charge is -2.04. The topological polar surface area (TPSA) is 64.9 Å². The van der Waals surface area contributed by atoms with Crippen LogP contribution in [0.4, 0.5) is 5.69 Å². The maximum Gasteiger partial charge on any atom is 0.128 e. The Labute approximate surface area is 119 Å². The number of rotatable bonds is 3. The molecule has 0 unspecified atom stereocenters. The molecule has 19 heavy (non-hydrogen) atoms. The van der Waals surface area contributed by atoms with Gasteiger partial charge in [-0.2, -0.15) is 5.10 Å². The summed E-state index contributed by atoms with van der Waals surface area (Å²) in [5, 5.41) is 23.7. The highest BCUT2D eigenvalue weighted by atomic mass is 35.5. The fraction of sp³-hybridized carbons (Fsp3) is 0. The van der Waals surface area contributed by atoms with Crippen LogP contribution in [-0.4, -0.2) is 16.4 Å². The van der Waals surface area contributed by atoms with E-state index in [2.05, 4.69) is 10.5 Å². The number of nitrogens with zero attached hydrogens (tertiary/aromatic N) is 1. The number of phenols is 2. The summed E-state index contributed by atoms with van der Waals surface area (Å²) >= 11 is 11.8. The fourth-order valence-electron chi connectivity index (χ4n) is 1.40. The molecule has 0 amide bonds. The number of anilines is 1. The molecule has 98 valence electrons. The molecule has 0 heterocycles. The van der Waals surface area contributed by atoms with Gasteiger partial charge in [0.25, 0.3) is 0 Å². The Kier molecular flexibility index (Phi) is 4.14. The van der Waals surface area contributed by atoms with E-state index >= 15 is 0 Å². The molecule has 0 saturated carbocycles. The van der Waals surface area contributed by atoms with Crippen molar-refractivity contribution in [1.82, 2.24) is 0 Å². The van der Waals surface area contributed by atoms with Gasteiger partial charge in [0.05, 0.1) is 16.9 Å². The van der Waals surface area contributed by atoms with Crippen LogP contribution in [0.1, 0.15) is 5.56 Å². The molecule has 0 aromatic heterocycles. The van der Waals surface area contributed by atoms with Gasteiger partial charge < -0.3 is 10.2 Å². The molecule has 0 aliphatic heterocycles. The average Bonchev–Trinajstić information content (AvgIpc) is 2.36. The molecule has 0 spiro atoms. The Morgan fingerprint density at radius 1 is 1.05 bits per heavy atom. The van der Waals surface area contributed by atoms with Crippen LogP contribution in [0.2, 0.25) is 10.0 Å². The van der Waals surface area contributed by atoms with Crippen LogP contribution in [-0.2, 0) is 0 Å². The summed E-state index contributed by atoms with van der Waals surface area (Å²) in [6.07, 6.45) is 1.41. The minimum Gasteiger partial charge on any atom is -0.508 e. The van der Waals surface area contributed by atoms with Gasteiger partial charge in [-0.1, -0.05) is 23.2 Å². The monoisotopic (exact) mass is 296 g/mol. The summed E-state index contributed by atoms with van der Waals surface area (Å²) in [5.74, 6) is -0.0803. The SMILES string of the molecule is Oc1ccc(C=NNc2cc(Cl)ccc2Cl)c(O)c1. The lowest BCUT2D eigenvalue weighted by atomic mass is 10.2. The van der Waals surface area contributed by atoms with Gasteiger partial charge in [0.1, 0.15) is 11.5 Å². The lowest BCUT2D eigenvalue weighted by Crippen LogP contribution is -1.92. The maximum absolute atomic E-state index is 9.56. The molecule has 6 heteroatoms. The van der Waals surface area contributed by atoms with Crippen LogP contribution in [0, 0.1) is 0 Å². The van der Waals surface area contributed by atoms with E-state index in [4.69, 9.17) is 28.3 Å². The van der Waals surface area contributed by atoms with Crippen molar-refractivity contribution in [3.05, 3.63) is 52.0 Å². The number of halogens is 2. The first kappa shape index (κ1) is 13.5. The van der Waals surface area contributed by atoms with Crippen molar-refractivity contribution in [1.29, 1.82) is 0 Å². The van der Waals surface area contributed by atoms with Crippen LogP contribution in [0.15, 0.2) is 41.5 Å². The Morgan fingerprint density at radius 3 is 2.58 bits per heavy atom. The summed E-state index contributed by atoms with van der Waals surface area (Å²) < 4.78 is 0. The van der Waals surface area contributed by atoms with E-state index in [1.165, 1.54) is 24.4 Å². The number of phenolic OH excluding ortho intramolecular Hbond substituents is 2. The Balaban J connectivity index is 2.13. The molecule has 0 atom stereocenters. The molecular formula is C13H10Cl2N2O2. The highest BCUT2D eigenvalue weighted by Crippen LogP contribution is 2.25. The van der Waals surface area contributed by atoms with E-state index in [9.17, 15) is 5.11 Å². The minimum atomic E-state index is -0.0669. The Hall–Kier alpha value is -1.91. The van der Waals surface area contributed by atoms with E-state index in [-0.39, 0.29) is 11.5 Å². The second-order valence-electron chi connectivity index (χ2n) is 3.74. The first-order chi connectivity index (χ1) is 9.06. The second-order valence-corrected chi connectivity index (χ2v) is 4.58. The van der Waals surface area contributed by atoms with E-state index < -0.39 is 0 Å². The zero-order valence-corrected chi connectivity index (χ0v) is 11.2.